The predicted molar refractivity (Wildman–Crippen MR) is 61.5 cm³/mol. The number of nitrogens with two attached hydrogens (primary N) is 1. The van der Waals surface area contributed by atoms with Gasteiger partial charge in [0, 0.05) is 18.6 Å². The maximum Gasteiger partial charge on any atom is 0.0596 e. The fourth-order valence-electron chi connectivity index (χ4n) is 1.25. The van der Waals surface area contributed by atoms with Crippen molar-refractivity contribution in [2.45, 2.75) is 45.8 Å². The third kappa shape index (κ3) is 7.30. The van der Waals surface area contributed by atoms with E-state index in [0.29, 0.717) is 6.10 Å². The molecule has 0 aliphatic carbocycles. The number of ether oxygens (including phenoxy) is 1. The van der Waals surface area contributed by atoms with Crippen molar-refractivity contribution in [1.29, 1.82) is 0 Å². The van der Waals surface area contributed by atoms with Crippen LogP contribution in [0.15, 0.2) is 0 Å². The summed E-state index contributed by atoms with van der Waals surface area (Å²) in [5.74, 6) is 0. The van der Waals surface area contributed by atoms with Crippen LogP contribution in [-0.2, 0) is 4.74 Å². The topological polar surface area (TPSA) is 38.5 Å². The Balaban J connectivity index is 3.60. The van der Waals surface area contributed by atoms with E-state index in [4.69, 9.17) is 10.5 Å². The summed E-state index contributed by atoms with van der Waals surface area (Å²) >= 11 is 0. The lowest BCUT2D eigenvalue weighted by molar-refractivity contribution is 0.0604. The number of hydrogen-bond donors (Lipinski definition) is 1. The van der Waals surface area contributed by atoms with E-state index in [-0.39, 0.29) is 5.54 Å². The summed E-state index contributed by atoms with van der Waals surface area (Å²) in [5.41, 5.74) is 5.99. The molecule has 0 bridgehead atoms. The molecule has 0 amide bonds. The third-order valence-electron chi connectivity index (χ3n) is 2.36. The highest BCUT2D eigenvalue weighted by Gasteiger charge is 2.17. The highest BCUT2D eigenvalue weighted by molar-refractivity contribution is 4.79. The number of nitrogens with zero attached hydrogens (tertiary/aromatic N) is 1. The Morgan fingerprint density at radius 3 is 2.43 bits per heavy atom. The molecule has 0 aromatic heterocycles. The van der Waals surface area contributed by atoms with E-state index in [1.165, 1.54) is 0 Å². The van der Waals surface area contributed by atoms with E-state index in [1.807, 2.05) is 0 Å². The lowest BCUT2D eigenvalue weighted by Crippen LogP contribution is -2.46. The maximum absolute atomic E-state index is 6.07. The summed E-state index contributed by atoms with van der Waals surface area (Å²) in [5, 5.41) is 0. The molecule has 0 rings (SSSR count). The molecule has 0 heterocycles. The van der Waals surface area contributed by atoms with Gasteiger partial charge in [-0.25, -0.2) is 0 Å². The van der Waals surface area contributed by atoms with Crippen molar-refractivity contribution in [1.82, 2.24) is 4.90 Å². The Morgan fingerprint density at radius 1 is 1.43 bits per heavy atom. The molecule has 86 valence electrons. The molecule has 14 heavy (non-hydrogen) atoms. The van der Waals surface area contributed by atoms with Crippen LogP contribution in [0.25, 0.3) is 0 Å². The Morgan fingerprint density at radius 2 is 2.00 bits per heavy atom. The van der Waals surface area contributed by atoms with Crippen LogP contribution in [0.5, 0.6) is 0 Å². The molecule has 0 fully saturated rings. The summed E-state index contributed by atoms with van der Waals surface area (Å²) in [7, 11) is 2.09. The van der Waals surface area contributed by atoms with Crippen LogP contribution in [0, 0.1) is 0 Å². The molecule has 1 unspecified atom stereocenters. The van der Waals surface area contributed by atoms with Crippen molar-refractivity contribution in [3.63, 3.8) is 0 Å². The molecule has 0 spiro atoms. The van der Waals surface area contributed by atoms with Crippen LogP contribution in [0.3, 0.4) is 0 Å². The summed E-state index contributed by atoms with van der Waals surface area (Å²) in [4.78, 5) is 2.23. The lowest BCUT2D eigenvalue weighted by atomic mass is 10.0. The summed E-state index contributed by atoms with van der Waals surface area (Å²) < 4.78 is 5.48. The van der Waals surface area contributed by atoms with Gasteiger partial charge in [-0.3, -0.25) is 0 Å². The van der Waals surface area contributed by atoms with Crippen molar-refractivity contribution in [3.8, 4) is 0 Å². The lowest BCUT2D eigenvalue weighted by Gasteiger charge is -2.29. The zero-order valence-electron chi connectivity index (χ0n) is 10.3. The molecular formula is C11H26N2O. The van der Waals surface area contributed by atoms with Gasteiger partial charge >= 0.3 is 0 Å². The molecule has 0 aliphatic heterocycles. The minimum Gasteiger partial charge on any atom is -0.377 e. The van der Waals surface area contributed by atoms with E-state index >= 15 is 0 Å². The second kappa shape index (κ2) is 6.38. The van der Waals surface area contributed by atoms with Crippen LogP contribution in [0.2, 0.25) is 0 Å². The van der Waals surface area contributed by atoms with Crippen LogP contribution in [-0.4, -0.2) is 43.3 Å². The Labute approximate surface area is 88.6 Å². The number of likely N-dealkylation sites (N-methyl/N-ethyl adjacent to an activating group) is 1. The van der Waals surface area contributed by atoms with E-state index in [1.54, 1.807) is 0 Å². The van der Waals surface area contributed by atoms with Gasteiger partial charge in [-0.1, -0.05) is 6.92 Å². The molecule has 0 radical (unpaired) electrons. The second-order valence-electron chi connectivity index (χ2n) is 4.66. The fraction of sp³-hybridized carbons (Fsp3) is 1.00. The minimum atomic E-state index is -0.0768. The Hall–Kier alpha value is -0.120. The van der Waals surface area contributed by atoms with Gasteiger partial charge in [0.1, 0.15) is 0 Å². The second-order valence-corrected chi connectivity index (χ2v) is 4.66. The standard InChI is InChI=1S/C11H26N2O/c1-6-11(4,12)9-13(5)7-8-14-10(2)3/h10H,6-9,12H2,1-5H3. The minimum absolute atomic E-state index is 0.0768. The van der Waals surface area contributed by atoms with Crippen molar-refractivity contribution in [3.05, 3.63) is 0 Å². The van der Waals surface area contributed by atoms with Crippen molar-refractivity contribution in [2.75, 3.05) is 26.7 Å². The van der Waals surface area contributed by atoms with Crippen molar-refractivity contribution in [2.24, 2.45) is 5.73 Å². The van der Waals surface area contributed by atoms with Gasteiger partial charge in [-0.05, 0) is 34.2 Å². The zero-order chi connectivity index (χ0) is 11.2. The predicted octanol–water partition coefficient (Wildman–Crippen LogP) is 1.47. The zero-order valence-corrected chi connectivity index (χ0v) is 10.3. The molecule has 0 saturated carbocycles. The molecule has 0 aliphatic rings. The van der Waals surface area contributed by atoms with Crippen LogP contribution >= 0.6 is 0 Å². The van der Waals surface area contributed by atoms with E-state index < -0.39 is 0 Å². The molecule has 0 saturated heterocycles. The van der Waals surface area contributed by atoms with E-state index in [2.05, 4.69) is 39.6 Å². The van der Waals surface area contributed by atoms with Crippen molar-refractivity contribution < 1.29 is 4.74 Å². The summed E-state index contributed by atoms with van der Waals surface area (Å²) in [6.45, 7) is 11.0. The van der Waals surface area contributed by atoms with Gasteiger partial charge in [-0.2, -0.15) is 0 Å². The molecular weight excluding hydrogens is 176 g/mol. The van der Waals surface area contributed by atoms with Crippen LogP contribution < -0.4 is 5.73 Å². The third-order valence-corrected chi connectivity index (χ3v) is 2.36. The maximum atomic E-state index is 6.07. The largest absolute Gasteiger partial charge is 0.377 e. The first-order chi connectivity index (χ1) is 6.37. The quantitative estimate of drug-likeness (QED) is 0.679. The Bertz CT molecular complexity index is 146. The molecule has 1 atom stereocenters. The van der Waals surface area contributed by atoms with Gasteiger partial charge in [0.15, 0.2) is 0 Å². The fourth-order valence-corrected chi connectivity index (χ4v) is 1.25. The van der Waals surface area contributed by atoms with Crippen LogP contribution in [0.1, 0.15) is 34.1 Å². The number of rotatable bonds is 7. The average Bonchev–Trinajstić information content (AvgIpc) is 2.02. The van der Waals surface area contributed by atoms with E-state index in [9.17, 15) is 0 Å². The SMILES string of the molecule is CCC(C)(N)CN(C)CCOC(C)C. The average molecular weight is 202 g/mol. The highest BCUT2D eigenvalue weighted by Crippen LogP contribution is 2.06. The first-order valence-corrected chi connectivity index (χ1v) is 5.46. The van der Waals surface area contributed by atoms with Crippen molar-refractivity contribution >= 4 is 0 Å². The smallest absolute Gasteiger partial charge is 0.0596 e. The monoisotopic (exact) mass is 202 g/mol. The molecule has 3 heteroatoms. The van der Waals surface area contributed by atoms with Gasteiger partial charge in [0.2, 0.25) is 0 Å². The van der Waals surface area contributed by atoms with Gasteiger partial charge in [0.05, 0.1) is 12.7 Å². The summed E-state index contributed by atoms with van der Waals surface area (Å²) in [6.07, 6.45) is 1.32. The first-order valence-electron chi connectivity index (χ1n) is 5.46. The molecule has 0 aromatic rings. The molecule has 2 N–H and O–H groups in total. The van der Waals surface area contributed by atoms with Gasteiger partial charge in [0.25, 0.3) is 0 Å². The first kappa shape index (κ1) is 13.9. The normalized spacial score (nSPS) is 16.3. The summed E-state index contributed by atoms with van der Waals surface area (Å²) in [6, 6.07) is 0. The molecule has 3 nitrogen and oxygen atoms in total. The van der Waals surface area contributed by atoms with Gasteiger partial charge < -0.3 is 15.4 Å². The van der Waals surface area contributed by atoms with E-state index in [0.717, 1.165) is 26.1 Å². The van der Waals surface area contributed by atoms with Gasteiger partial charge in [-0.15, -0.1) is 0 Å². The molecule has 0 aromatic carbocycles. The number of hydrogen-bond acceptors (Lipinski definition) is 3. The highest BCUT2D eigenvalue weighted by atomic mass is 16.5. The van der Waals surface area contributed by atoms with Crippen LogP contribution in [0.4, 0.5) is 0 Å². The Kier molecular flexibility index (Phi) is 6.33.